The van der Waals surface area contributed by atoms with E-state index in [0.29, 0.717) is 6.54 Å². The van der Waals surface area contributed by atoms with Gasteiger partial charge in [0, 0.05) is 18.9 Å². The lowest BCUT2D eigenvalue weighted by molar-refractivity contribution is -0.151. The molecule has 2 aliphatic rings. The Morgan fingerprint density at radius 2 is 1.87 bits per heavy atom. The van der Waals surface area contributed by atoms with Crippen LogP contribution in [-0.2, 0) is 9.59 Å². The molecule has 84 valence electrons. The van der Waals surface area contributed by atoms with Crippen molar-refractivity contribution >= 4 is 11.9 Å². The molecule has 1 amide bonds. The Balaban J connectivity index is 2.27. The molecule has 1 N–H and O–H groups in total. The molecule has 15 heavy (non-hydrogen) atoms. The maximum Gasteiger partial charge on any atom is 0.326 e. The van der Waals surface area contributed by atoms with E-state index in [1.165, 1.54) is 11.8 Å². The standard InChI is InChI=1S/C11H17NO3/c1-8(13)12-7-6-11(4-2-3-5-11)9(12)10(14)15/h9H,2-7H2,1H3,(H,14,15). The van der Waals surface area contributed by atoms with E-state index < -0.39 is 12.0 Å². The monoisotopic (exact) mass is 211 g/mol. The first-order valence-electron chi connectivity index (χ1n) is 5.57. The van der Waals surface area contributed by atoms with Crippen LogP contribution in [-0.4, -0.2) is 34.5 Å². The fourth-order valence-corrected chi connectivity index (χ4v) is 3.28. The number of carboxylic acids is 1. The maximum atomic E-state index is 11.4. The van der Waals surface area contributed by atoms with Crippen molar-refractivity contribution in [1.29, 1.82) is 0 Å². The zero-order valence-electron chi connectivity index (χ0n) is 9.03. The van der Waals surface area contributed by atoms with Gasteiger partial charge in [-0.15, -0.1) is 0 Å². The molecular formula is C11H17NO3. The van der Waals surface area contributed by atoms with Gasteiger partial charge in [-0.2, -0.15) is 0 Å². The van der Waals surface area contributed by atoms with Crippen molar-refractivity contribution in [3.05, 3.63) is 0 Å². The Hall–Kier alpha value is -1.06. The van der Waals surface area contributed by atoms with E-state index in [9.17, 15) is 14.7 Å². The van der Waals surface area contributed by atoms with Gasteiger partial charge in [0.2, 0.25) is 5.91 Å². The van der Waals surface area contributed by atoms with Crippen LogP contribution in [0, 0.1) is 5.41 Å². The van der Waals surface area contributed by atoms with Crippen molar-refractivity contribution in [1.82, 2.24) is 4.90 Å². The van der Waals surface area contributed by atoms with Gasteiger partial charge in [-0.1, -0.05) is 12.8 Å². The van der Waals surface area contributed by atoms with Gasteiger partial charge in [0.05, 0.1) is 0 Å². The molecule has 0 bridgehead atoms. The van der Waals surface area contributed by atoms with Crippen LogP contribution in [0.2, 0.25) is 0 Å². The maximum absolute atomic E-state index is 11.4. The van der Waals surface area contributed by atoms with Gasteiger partial charge < -0.3 is 10.0 Å². The summed E-state index contributed by atoms with van der Waals surface area (Å²) in [6, 6.07) is -0.572. The van der Waals surface area contributed by atoms with Crippen LogP contribution in [0.25, 0.3) is 0 Å². The molecule has 1 aliphatic carbocycles. The third kappa shape index (κ3) is 1.52. The lowest BCUT2D eigenvalue weighted by Gasteiger charge is -2.31. The van der Waals surface area contributed by atoms with Crippen LogP contribution < -0.4 is 0 Å². The highest BCUT2D eigenvalue weighted by atomic mass is 16.4. The average molecular weight is 211 g/mol. The Bertz CT molecular complexity index is 294. The average Bonchev–Trinajstić information content (AvgIpc) is 2.74. The molecule has 2 rings (SSSR count). The van der Waals surface area contributed by atoms with Crippen molar-refractivity contribution in [3.8, 4) is 0 Å². The molecule has 1 spiro atoms. The summed E-state index contributed by atoms with van der Waals surface area (Å²) in [5.41, 5.74) is -0.114. The third-order valence-electron chi connectivity index (χ3n) is 3.98. The molecule has 2 fully saturated rings. The van der Waals surface area contributed by atoms with Gasteiger partial charge in [-0.05, 0) is 19.3 Å². The van der Waals surface area contributed by atoms with E-state index in [1.807, 2.05) is 0 Å². The molecule has 1 atom stereocenters. The van der Waals surface area contributed by atoms with Crippen molar-refractivity contribution < 1.29 is 14.7 Å². The van der Waals surface area contributed by atoms with E-state index in [-0.39, 0.29) is 11.3 Å². The van der Waals surface area contributed by atoms with E-state index in [4.69, 9.17) is 0 Å². The Morgan fingerprint density at radius 3 is 2.33 bits per heavy atom. The third-order valence-corrected chi connectivity index (χ3v) is 3.98. The molecule has 1 saturated heterocycles. The number of hydrogen-bond donors (Lipinski definition) is 1. The molecular weight excluding hydrogens is 194 g/mol. The van der Waals surface area contributed by atoms with Crippen molar-refractivity contribution in [2.45, 2.75) is 45.1 Å². The molecule has 1 saturated carbocycles. The number of aliphatic carboxylic acids is 1. The second-order valence-electron chi connectivity index (χ2n) is 4.77. The summed E-state index contributed by atoms with van der Waals surface area (Å²) in [4.78, 5) is 24.2. The van der Waals surface area contributed by atoms with Crippen molar-refractivity contribution in [2.75, 3.05) is 6.54 Å². The predicted octanol–water partition coefficient (Wildman–Crippen LogP) is 1.25. The quantitative estimate of drug-likeness (QED) is 0.710. The number of carbonyl (C=O) groups excluding carboxylic acids is 1. The molecule has 1 unspecified atom stereocenters. The lowest BCUT2D eigenvalue weighted by Crippen LogP contribution is -2.46. The summed E-state index contributed by atoms with van der Waals surface area (Å²) in [7, 11) is 0. The van der Waals surface area contributed by atoms with Crippen LogP contribution in [0.3, 0.4) is 0 Å². The first-order valence-corrected chi connectivity index (χ1v) is 5.57. The van der Waals surface area contributed by atoms with Crippen molar-refractivity contribution in [3.63, 3.8) is 0 Å². The predicted molar refractivity (Wildman–Crippen MR) is 54.3 cm³/mol. The molecule has 0 radical (unpaired) electrons. The highest BCUT2D eigenvalue weighted by Gasteiger charge is 2.53. The Morgan fingerprint density at radius 1 is 1.27 bits per heavy atom. The first-order chi connectivity index (χ1) is 7.07. The van der Waals surface area contributed by atoms with E-state index in [0.717, 1.165) is 32.1 Å². The number of carbonyl (C=O) groups is 2. The Labute approximate surface area is 89.3 Å². The minimum Gasteiger partial charge on any atom is -0.480 e. The summed E-state index contributed by atoms with van der Waals surface area (Å²) in [6.45, 7) is 2.08. The van der Waals surface area contributed by atoms with Gasteiger partial charge in [0.15, 0.2) is 0 Å². The zero-order valence-corrected chi connectivity index (χ0v) is 9.03. The minimum atomic E-state index is -0.829. The topological polar surface area (TPSA) is 57.6 Å². The normalized spacial score (nSPS) is 28.6. The summed E-state index contributed by atoms with van der Waals surface area (Å²) in [6.07, 6.45) is 5.01. The van der Waals surface area contributed by atoms with Gasteiger partial charge in [0.25, 0.3) is 0 Å². The number of hydrogen-bond acceptors (Lipinski definition) is 2. The van der Waals surface area contributed by atoms with Crippen LogP contribution in [0.5, 0.6) is 0 Å². The molecule has 4 nitrogen and oxygen atoms in total. The van der Waals surface area contributed by atoms with Gasteiger partial charge >= 0.3 is 5.97 Å². The van der Waals surface area contributed by atoms with Crippen LogP contribution in [0.4, 0.5) is 0 Å². The highest BCUT2D eigenvalue weighted by molar-refractivity contribution is 5.83. The summed E-state index contributed by atoms with van der Waals surface area (Å²) >= 11 is 0. The Kier molecular flexibility index (Phi) is 2.44. The van der Waals surface area contributed by atoms with Crippen LogP contribution >= 0.6 is 0 Å². The summed E-state index contributed by atoms with van der Waals surface area (Å²) in [5, 5.41) is 9.26. The first kappa shape index (κ1) is 10.5. The molecule has 0 aromatic rings. The van der Waals surface area contributed by atoms with Gasteiger partial charge in [-0.25, -0.2) is 4.79 Å². The van der Waals surface area contributed by atoms with Crippen LogP contribution in [0.15, 0.2) is 0 Å². The van der Waals surface area contributed by atoms with Gasteiger partial charge in [-0.3, -0.25) is 4.79 Å². The molecule has 0 aromatic heterocycles. The summed E-state index contributed by atoms with van der Waals surface area (Å²) < 4.78 is 0. The van der Waals surface area contributed by atoms with Gasteiger partial charge in [0.1, 0.15) is 6.04 Å². The molecule has 1 heterocycles. The van der Waals surface area contributed by atoms with Crippen LogP contribution in [0.1, 0.15) is 39.0 Å². The number of likely N-dealkylation sites (tertiary alicyclic amines) is 1. The molecule has 4 heteroatoms. The molecule has 1 aliphatic heterocycles. The summed E-state index contributed by atoms with van der Waals surface area (Å²) in [5.74, 6) is -0.934. The highest BCUT2D eigenvalue weighted by Crippen LogP contribution is 2.49. The number of nitrogens with zero attached hydrogens (tertiary/aromatic N) is 1. The SMILES string of the molecule is CC(=O)N1CCC2(CCCC2)C1C(=O)O. The van der Waals surface area contributed by atoms with E-state index in [2.05, 4.69) is 0 Å². The van der Waals surface area contributed by atoms with E-state index in [1.54, 1.807) is 0 Å². The second-order valence-corrected chi connectivity index (χ2v) is 4.77. The number of amides is 1. The smallest absolute Gasteiger partial charge is 0.326 e. The fourth-order valence-electron chi connectivity index (χ4n) is 3.28. The van der Waals surface area contributed by atoms with Crippen molar-refractivity contribution in [2.24, 2.45) is 5.41 Å². The largest absolute Gasteiger partial charge is 0.480 e. The fraction of sp³-hybridized carbons (Fsp3) is 0.818. The zero-order chi connectivity index (χ0) is 11.1. The number of rotatable bonds is 1. The minimum absolute atomic E-state index is 0.105. The molecule has 0 aromatic carbocycles. The lowest BCUT2D eigenvalue weighted by atomic mass is 9.78. The number of carboxylic acid groups (broad SMARTS) is 1. The second kappa shape index (κ2) is 3.51. The van der Waals surface area contributed by atoms with E-state index >= 15 is 0 Å².